The van der Waals surface area contributed by atoms with E-state index in [2.05, 4.69) is 10.6 Å². The Morgan fingerprint density at radius 3 is 2.50 bits per heavy atom. The zero-order valence-electron chi connectivity index (χ0n) is 15.0. The van der Waals surface area contributed by atoms with Gasteiger partial charge in [0.05, 0.1) is 16.3 Å². The summed E-state index contributed by atoms with van der Waals surface area (Å²) in [6.45, 7) is 0.437. The van der Waals surface area contributed by atoms with Crippen LogP contribution in [-0.2, 0) is 11.3 Å². The van der Waals surface area contributed by atoms with Gasteiger partial charge >= 0.3 is 0 Å². The Kier molecular flexibility index (Phi) is 6.65. The van der Waals surface area contributed by atoms with Crippen molar-refractivity contribution in [3.05, 3.63) is 88.9 Å². The molecule has 0 aliphatic heterocycles. The van der Waals surface area contributed by atoms with Crippen molar-refractivity contribution in [2.45, 2.75) is 6.54 Å². The van der Waals surface area contributed by atoms with Crippen molar-refractivity contribution >= 4 is 35.2 Å². The molecular weight excluding hydrogens is 376 g/mol. The van der Waals surface area contributed by atoms with E-state index in [1.807, 2.05) is 36.4 Å². The van der Waals surface area contributed by atoms with Crippen molar-refractivity contribution in [1.29, 1.82) is 0 Å². The number of aldehydes is 1. The smallest absolute Gasteiger partial charge is 0.262 e. The van der Waals surface area contributed by atoms with Crippen LogP contribution < -0.4 is 15.4 Å². The highest BCUT2D eigenvalue weighted by molar-refractivity contribution is 6.33. The SMILES string of the molecule is O=Cc1ccccc1OCC(=O)Nc1ccc(NCc2ccccc2)c(Cl)c1. The molecule has 0 bridgehead atoms. The van der Waals surface area contributed by atoms with Crippen LogP contribution >= 0.6 is 11.6 Å². The first-order valence-electron chi connectivity index (χ1n) is 8.70. The first-order chi connectivity index (χ1) is 13.7. The van der Waals surface area contributed by atoms with Gasteiger partial charge in [-0.1, -0.05) is 54.1 Å². The van der Waals surface area contributed by atoms with E-state index >= 15 is 0 Å². The third-order valence-corrected chi connectivity index (χ3v) is 4.30. The number of carbonyl (C=O) groups excluding carboxylic acids is 2. The van der Waals surface area contributed by atoms with Gasteiger partial charge < -0.3 is 15.4 Å². The summed E-state index contributed by atoms with van der Waals surface area (Å²) in [5.74, 6) is 0.0212. The topological polar surface area (TPSA) is 67.4 Å². The molecule has 3 aromatic rings. The zero-order chi connectivity index (χ0) is 19.8. The van der Waals surface area contributed by atoms with Crippen LogP contribution in [0, 0.1) is 0 Å². The summed E-state index contributed by atoms with van der Waals surface area (Å²) in [7, 11) is 0. The molecule has 0 radical (unpaired) electrons. The summed E-state index contributed by atoms with van der Waals surface area (Å²) in [6.07, 6.45) is 0.689. The number of ether oxygens (including phenoxy) is 1. The van der Waals surface area contributed by atoms with E-state index in [9.17, 15) is 9.59 Å². The maximum Gasteiger partial charge on any atom is 0.262 e. The highest BCUT2D eigenvalue weighted by Crippen LogP contribution is 2.26. The maximum atomic E-state index is 12.1. The Bertz CT molecular complexity index is 961. The maximum absolute atomic E-state index is 12.1. The van der Waals surface area contributed by atoms with Crippen LogP contribution in [0.3, 0.4) is 0 Å². The summed E-state index contributed by atoms with van der Waals surface area (Å²) in [5.41, 5.74) is 2.88. The Balaban J connectivity index is 1.54. The molecule has 1 amide bonds. The van der Waals surface area contributed by atoms with Crippen LogP contribution in [0.2, 0.25) is 5.02 Å². The van der Waals surface area contributed by atoms with E-state index in [4.69, 9.17) is 16.3 Å². The van der Waals surface area contributed by atoms with Gasteiger partial charge in [0.1, 0.15) is 5.75 Å². The van der Waals surface area contributed by atoms with Crippen molar-refractivity contribution in [1.82, 2.24) is 0 Å². The van der Waals surface area contributed by atoms with Gasteiger partial charge in [0.25, 0.3) is 5.91 Å². The molecule has 28 heavy (non-hydrogen) atoms. The number of rotatable bonds is 8. The standard InChI is InChI=1S/C22H19ClN2O3/c23-19-12-18(10-11-20(19)24-13-16-6-2-1-3-7-16)25-22(27)15-28-21-9-5-4-8-17(21)14-26/h1-12,14,24H,13,15H2,(H,25,27). The molecule has 0 aliphatic carbocycles. The van der Waals surface area contributed by atoms with Gasteiger partial charge in [-0.2, -0.15) is 0 Å². The number of nitrogens with one attached hydrogen (secondary N) is 2. The molecule has 0 fully saturated rings. The Morgan fingerprint density at radius 2 is 1.75 bits per heavy atom. The third kappa shape index (κ3) is 5.34. The van der Waals surface area contributed by atoms with Crippen molar-refractivity contribution < 1.29 is 14.3 Å². The first-order valence-corrected chi connectivity index (χ1v) is 9.07. The van der Waals surface area contributed by atoms with E-state index in [-0.39, 0.29) is 12.5 Å². The van der Waals surface area contributed by atoms with Gasteiger partial charge in [-0.05, 0) is 35.9 Å². The van der Waals surface area contributed by atoms with Gasteiger partial charge in [-0.3, -0.25) is 9.59 Å². The molecule has 142 valence electrons. The van der Waals surface area contributed by atoms with Gasteiger partial charge in [0.2, 0.25) is 0 Å². The molecular formula is C22H19ClN2O3. The molecule has 0 saturated carbocycles. The number of amides is 1. The number of benzene rings is 3. The van der Waals surface area contributed by atoms with Gasteiger partial charge in [-0.15, -0.1) is 0 Å². The van der Waals surface area contributed by atoms with E-state index in [0.29, 0.717) is 34.9 Å². The number of para-hydroxylation sites is 1. The molecule has 0 spiro atoms. The summed E-state index contributed by atoms with van der Waals surface area (Å²) in [4.78, 5) is 23.1. The number of hydrogen-bond acceptors (Lipinski definition) is 4. The minimum absolute atomic E-state index is 0.212. The summed E-state index contributed by atoms with van der Waals surface area (Å²) >= 11 is 6.31. The summed E-state index contributed by atoms with van der Waals surface area (Å²) < 4.78 is 5.41. The lowest BCUT2D eigenvalue weighted by Crippen LogP contribution is -2.20. The Hall–Kier alpha value is -3.31. The number of hydrogen-bond donors (Lipinski definition) is 2. The fourth-order valence-corrected chi connectivity index (χ4v) is 2.83. The van der Waals surface area contributed by atoms with Crippen LogP contribution in [0.15, 0.2) is 72.8 Å². The molecule has 0 unspecified atom stereocenters. The van der Waals surface area contributed by atoms with E-state index in [0.717, 1.165) is 11.3 Å². The lowest BCUT2D eigenvalue weighted by Gasteiger charge is -2.12. The predicted octanol–water partition coefficient (Wildman–Crippen LogP) is 4.78. The van der Waals surface area contributed by atoms with Crippen LogP contribution in [0.5, 0.6) is 5.75 Å². The molecule has 3 aromatic carbocycles. The molecule has 2 N–H and O–H groups in total. The van der Waals surface area contributed by atoms with Crippen LogP contribution in [0.1, 0.15) is 15.9 Å². The average Bonchev–Trinajstić information content (AvgIpc) is 2.72. The summed E-state index contributed by atoms with van der Waals surface area (Å²) in [5, 5.41) is 6.49. The van der Waals surface area contributed by atoms with Gasteiger partial charge in [0.15, 0.2) is 12.9 Å². The first kappa shape index (κ1) is 19.5. The molecule has 6 heteroatoms. The molecule has 5 nitrogen and oxygen atoms in total. The second kappa shape index (κ2) is 9.58. The molecule has 3 rings (SSSR count). The van der Waals surface area contributed by atoms with Crippen molar-refractivity contribution in [2.75, 3.05) is 17.2 Å². The van der Waals surface area contributed by atoms with Crippen molar-refractivity contribution in [3.8, 4) is 5.75 Å². The van der Waals surface area contributed by atoms with Gasteiger partial charge in [-0.25, -0.2) is 0 Å². The van der Waals surface area contributed by atoms with E-state index in [1.54, 1.807) is 36.4 Å². The molecule has 0 atom stereocenters. The average molecular weight is 395 g/mol. The monoisotopic (exact) mass is 394 g/mol. The predicted molar refractivity (Wildman–Crippen MR) is 111 cm³/mol. The number of halogens is 1. The lowest BCUT2D eigenvalue weighted by molar-refractivity contribution is -0.118. The van der Waals surface area contributed by atoms with Crippen molar-refractivity contribution in [3.63, 3.8) is 0 Å². The fraction of sp³-hybridized carbons (Fsp3) is 0.0909. The molecule has 0 aromatic heterocycles. The van der Waals surface area contributed by atoms with E-state index < -0.39 is 0 Å². The lowest BCUT2D eigenvalue weighted by atomic mass is 10.2. The van der Waals surface area contributed by atoms with Crippen LogP contribution in [0.25, 0.3) is 0 Å². The minimum atomic E-state index is -0.346. The van der Waals surface area contributed by atoms with Crippen LogP contribution in [0.4, 0.5) is 11.4 Å². The van der Waals surface area contributed by atoms with Crippen LogP contribution in [-0.4, -0.2) is 18.8 Å². The Morgan fingerprint density at radius 1 is 1.00 bits per heavy atom. The Labute approximate surface area is 168 Å². The zero-order valence-corrected chi connectivity index (χ0v) is 15.8. The molecule has 0 heterocycles. The van der Waals surface area contributed by atoms with E-state index in [1.165, 1.54) is 0 Å². The summed E-state index contributed by atoms with van der Waals surface area (Å²) in [6, 6.07) is 22.0. The molecule has 0 saturated heterocycles. The quantitative estimate of drug-likeness (QED) is 0.539. The highest BCUT2D eigenvalue weighted by atomic mass is 35.5. The normalized spacial score (nSPS) is 10.2. The number of anilines is 2. The fourth-order valence-electron chi connectivity index (χ4n) is 2.58. The number of carbonyl (C=O) groups is 2. The minimum Gasteiger partial charge on any atom is -0.483 e. The molecule has 0 aliphatic rings. The third-order valence-electron chi connectivity index (χ3n) is 3.98. The highest BCUT2D eigenvalue weighted by Gasteiger charge is 2.08. The van der Waals surface area contributed by atoms with Gasteiger partial charge in [0, 0.05) is 12.2 Å². The second-order valence-electron chi connectivity index (χ2n) is 6.03. The largest absolute Gasteiger partial charge is 0.483 e. The second-order valence-corrected chi connectivity index (χ2v) is 6.43. The van der Waals surface area contributed by atoms with Crippen molar-refractivity contribution in [2.24, 2.45) is 0 Å².